The predicted octanol–water partition coefficient (Wildman–Crippen LogP) is 4.19. The number of hydrogen-bond donors (Lipinski definition) is 0. The topological polar surface area (TPSA) is 38.1 Å². The summed E-state index contributed by atoms with van der Waals surface area (Å²) in [5.74, 6) is -0.00539. The Hall–Kier alpha value is -2.88. The minimum atomic E-state index is -0.00539. The molecule has 2 aromatic carbocycles. The van der Waals surface area contributed by atoms with Crippen LogP contribution >= 0.6 is 0 Å². The van der Waals surface area contributed by atoms with E-state index in [1.54, 1.807) is 4.90 Å². The van der Waals surface area contributed by atoms with Gasteiger partial charge in [0.15, 0.2) is 5.69 Å². The van der Waals surface area contributed by atoms with Crippen molar-refractivity contribution in [1.82, 2.24) is 14.7 Å². The highest BCUT2D eigenvalue weighted by atomic mass is 16.2. The Morgan fingerprint density at radius 3 is 2.38 bits per heavy atom. The second-order valence-corrected chi connectivity index (χ2v) is 6.88. The lowest BCUT2D eigenvalue weighted by Gasteiger charge is -2.25. The number of carbonyl (C=O) groups is 1. The van der Waals surface area contributed by atoms with Gasteiger partial charge in [-0.15, -0.1) is 0 Å². The molecule has 0 spiro atoms. The molecule has 3 aromatic rings. The largest absolute Gasteiger partial charge is 0.334 e. The van der Waals surface area contributed by atoms with Gasteiger partial charge in [0.1, 0.15) is 0 Å². The summed E-state index contributed by atoms with van der Waals surface area (Å²) in [4.78, 5) is 15.0. The summed E-state index contributed by atoms with van der Waals surface area (Å²) in [6.07, 6.45) is 2.98. The van der Waals surface area contributed by atoms with Gasteiger partial charge in [-0.25, -0.2) is 4.68 Å². The number of benzene rings is 2. The van der Waals surface area contributed by atoms with Crippen molar-refractivity contribution in [3.63, 3.8) is 0 Å². The molecule has 0 saturated carbocycles. The molecule has 1 heterocycles. The first-order chi connectivity index (χ1) is 12.7. The van der Waals surface area contributed by atoms with Crippen molar-refractivity contribution in [2.45, 2.75) is 32.2 Å². The first kappa shape index (κ1) is 16.6. The number of nitrogens with zero attached hydrogens (tertiary/aromatic N) is 3. The van der Waals surface area contributed by atoms with Crippen LogP contribution in [0.15, 0.2) is 60.7 Å². The first-order valence-corrected chi connectivity index (χ1v) is 9.15. The predicted molar refractivity (Wildman–Crippen MR) is 103 cm³/mol. The molecule has 4 rings (SSSR count). The highest BCUT2D eigenvalue weighted by molar-refractivity contribution is 5.94. The van der Waals surface area contributed by atoms with Gasteiger partial charge in [0.2, 0.25) is 0 Å². The van der Waals surface area contributed by atoms with Crippen molar-refractivity contribution >= 4 is 5.91 Å². The van der Waals surface area contributed by atoms with Crippen molar-refractivity contribution < 1.29 is 4.79 Å². The van der Waals surface area contributed by atoms with Crippen molar-refractivity contribution in [1.29, 1.82) is 0 Å². The second-order valence-electron chi connectivity index (χ2n) is 6.88. The summed E-state index contributed by atoms with van der Waals surface area (Å²) in [7, 11) is 1.86. The van der Waals surface area contributed by atoms with Crippen LogP contribution in [0.2, 0.25) is 0 Å². The van der Waals surface area contributed by atoms with Crippen LogP contribution in [0, 0.1) is 0 Å². The Bertz CT molecular complexity index is 915. The van der Waals surface area contributed by atoms with E-state index in [4.69, 9.17) is 5.10 Å². The molecule has 1 aromatic heterocycles. The molecular weight excluding hydrogens is 322 g/mol. The van der Waals surface area contributed by atoms with Crippen LogP contribution < -0.4 is 0 Å². The molecule has 0 aliphatic heterocycles. The molecule has 0 radical (unpaired) electrons. The number of aromatic nitrogens is 2. The Kier molecular flexibility index (Phi) is 4.33. The molecule has 1 aliphatic rings. The van der Waals surface area contributed by atoms with Gasteiger partial charge in [-0.05, 0) is 43.9 Å². The molecule has 0 unspecified atom stereocenters. The van der Waals surface area contributed by atoms with E-state index in [1.165, 1.54) is 5.69 Å². The van der Waals surface area contributed by atoms with Crippen LogP contribution in [0.3, 0.4) is 0 Å². The summed E-state index contributed by atoms with van der Waals surface area (Å²) in [6.45, 7) is 2.06. The SMILES string of the molecule is C[C@@H](c1ccccc1)N(C)C(=O)c1nn(-c2ccccc2)c2c1CCC2. The van der Waals surface area contributed by atoms with Gasteiger partial charge in [0.25, 0.3) is 5.91 Å². The minimum Gasteiger partial charge on any atom is -0.334 e. The highest BCUT2D eigenvalue weighted by Crippen LogP contribution is 2.30. The fourth-order valence-electron chi connectivity index (χ4n) is 3.69. The van der Waals surface area contributed by atoms with Gasteiger partial charge in [-0.3, -0.25) is 4.79 Å². The molecule has 26 heavy (non-hydrogen) atoms. The summed E-state index contributed by atoms with van der Waals surface area (Å²) >= 11 is 0. The molecule has 0 N–H and O–H groups in total. The monoisotopic (exact) mass is 345 g/mol. The number of amides is 1. The lowest BCUT2D eigenvalue weighted by molar-refractivity contribution is 0.0735. The van der Waals surface area contributed by atoms with Crippen molar-refractivity contribution in [3.8, 4) is 5.69 Å². The standard InChI is InChI=1S/C22H23N3O/c1-16(17-10-5-3-6-11-17)24(2)22(26)21-19-14-9-15-20(19)25(23-21)18-12-7-4-8-13-18/h3-8,10-13,16H,9,14-15H2,1-2H3/t16-/m0/s1. The lowest BCUT2D eigenvalue weighted by atomic mass is 10.1. The molecule has 132 valence electrons. The highest BCUT2D eigenvalue weighted by Gasteiger charge is 2.30. The Balaban J connectivity index is 1.69. The van der Waals surface area contributed by atoms with Crippen LogP contribution in [-0.4, -0.2) is 27.6 Å². The van der Waals surface area contributed by atoms with Gasteiger partial charge in [0, 0.05) is 18.3 Å². The quantitative estimate of drug-likeness (QED) is 0.711. The zero-order valence-corrected chi connectivity index (χ0v) is 15.2. The second kappa shape index (κ2) is 6.79. The first-order valence-electron chi connectivity index (χ1n) is 9.15. The Labute approximate surface area is 154 Å². The van der Waals surface area contributed by atoms with Crippen LogP contribution in [0.25, 0.3) is 5.69 Å². The van der Waals surface area contributed by atoms with E-state index in [1.807, 2.05) is 60.3 Å². The fraction of sp³-hybridized carbons (Fsp3) is 0.273. The van der Waals surface area contributed by atoms with Crippen molar-refractivity contribution in [2.75, 3.05) is 7.05 Å². The Morgan fingerprint density at radius 2 is 1.69 bits per heavy atom. The van der Waals surface area contributed by atoms with Crippen molar-refractivity contribution in [2.24, 2.45) is 0 Å². The fourth-order valence-corrected chi connectivity index (χ4v) is 3.69. The maximum absolute atomic E-state index is 13.2. The van der Waals surface area contributed by atoms with Gasteiger partial charge >= 0.3 is 0 Å². The zero-order valence-electron chi connectivity index (χ0n) is 15.2. The van der Waals surface area contributed by atoms with E-state index in [0.717, 1.165) is 36.1 Å². The third-order valence-corrected chi connectivity index (χ3v) is 5.32. The summed E-state index contributed by atoms with van der Waals surface area (Å²) in [5.41, 5.74) is 5.05. The number of fused-ring (bicyclic) bond motifs is 1. The molecule has 4 heteroatoms. The number of rotatable bonds is 4. The molecule has 0 saturated heterocycles. The third-order valence-electron chi connectivity index (χ3n) is 5.32. The van der Waals surface area contributed by atoms with E-state index < -0.39 is 0 Å². The van der Waals surface area contributed by atoms with E-state index in [-0.39, 0.29) is 11.9 Å². The van der Waals surface area contributed by atoms with Gasteiger partial charge in [0.05, 0.1) is 11.7 Å². The third kappa shape index (κ3) is 2.81. The van der Waals surface area contributed by atoms with E-state index in [2.05, 4.69) is 19.1 Å². The van der Waals surface area contributed by atoms with Crippen LogP contribution in [-0.2, 0) is 12.8 Å². The molecule has 0 fully saturated rings. The molecule has 1 aliphatic carbocycles. The molecule has 1 atom stereocenters. The van der Waals surface area contributed by atoms with E-state index in [0.29, 0.717) is 5.69 Å². The van der Waals surface area contributed by atoms with Gasteiger partial charge in [-0.2, -0.15) is 5.10 Å². The summed E-state index contributed by atoms with van der Waals surface area (Å²) in [5, 5.41) is 4.72. The van der Waals surface area contributed by atoms with Crippen molar-refractivity contribution in [3.05, 3.63) is 83.2 Å². The maximum Gasteiger partial charge on any atom is 0.274 e. The molecule has 0 bridgehead atoms. The van der Waals surface area contributed by atoms with Gasteiger partial charge < -0.3 is 4.90 Å². The zero-order chi connectivity index (χ0) is 18.1. The summed E-state index contributed by atoms with van der Waals surface area (Å²) in [6, 6.07) is 20.2. The maximum atomic E-state index is 13.2. The average Bonchev–Trinajstić information content (AvgIpc) is 3.30. The molecule has 4 nitrogen and oxygen atoms in total. The summed E-state index contributed by atoms with van der Waals surface area (Å²) < 4.78 is 1.95. The number of hydrogen-bond acceptors (Lipinski definition) is 2. The van der Waals surface area contributed by atoms with E-state index in [9.17, 15) is 4.79 Å². The molecule has 1 amide bonds. The number of para-hydroxylation sites is 1. The Morgan fingerprint density at radius 1 is 1.04 bits per heavy atom. The molecular formula is C22H23N3O. The normalized spacial score (nSPS) is 14.1. The lowest BCUT2D eigenvalue weighted by Crippen LogP contribution is -2.30. The minimum absolute atomic E-state index is 0.00243. The van der Waals surface area contributed by atoms with Crippen LogP contribution in [0.5, 0.6) is 0 Å². The van der Waals surface area contributed by atoms with Gasteiger partial charge in [-0.1, -0.05) is 48.5 Å². The van der Waals surface area contributed by atoms with Crippen LogP contribution in [0.4, 0.5) is 0 Å². The average molecular weight is 345 g/mol. The number of carbonyl (C=O) groups excluding carboxylic acids is 1. The van der Waals surface area contributed by atoms with E-state index >= 15 is 0 Å². The van der Waals surface area contributed by atoms with Crippen LogP contribution in [0.1, 0.15) is 46.7 Å². The smallest absolute Gasteiger partial charge is 0.274 e.